The van der Waals surface area contributed by atoms with Gasteiger partial charge in [-0.05, 0) is 18.2 Å². The van der Waals surface area contributed by atoms with Gasteiger partial charge in [0, 0.05) is 12.6 Å². The van der Waals surface area contributed by atoms with Gasteiger partial charge in [0.15, 0.2) is 0 Å². The number of β-amino-alcohol motifs (C(OH)–C–C–N with tert-alkyl or cyclic N) is 1. The van der Waals surface area contributed by atoms with Crippen molar-refractivity contribution in [1.82, 2.24) is 9.80 Å². The van der Waals surface area contributed by atoms with Crippen molar-refractivity contribution in [3.8, 4) is 11.5 Å². The minimum atomic E-state index is -1.05. The Hall–Kier alpha value is -2.28. The van der Waals surface area contributed by atoms with Gasteiger partial charge in [0.2, 0.25) is 5.91 Å². The van der Waals surface area contributed by atoms with E-state index in [-0.39, 0.29) is 19.0 Å². The molecule has 7 nitrogen and oxygen atoms in total. The number of amides is 3. The van der Waals surface area contributed by atoms with E-state index >= 15 is 0 Å². The van der Waals surface area contributed by atoms with Crippen molar-refractivity contribution >= 4 is 11.9 Å². The van der Waals surface area contributed by atoms with Gasteiger partial charge in [-0.3, -0.25) is 9.69 Å². The Morgan fingerprint density at radius 3 is 2.52 bits per heavy atom. The summed E-state index contributed by atoms with van der Waals surface area (Å²) in [7, 11) is 4.54. The van der Waals surface area contributed by atoms with Crippen molar-refractivity contribution in [2.75, 3.05) is 34.4 Å². The molecular weight excluding hydrogens is 276 g/mol. The van der Waals surface area contributed by atoms with Crippen LogP contribution in [0.1, 0.15) is 11.7 Å². The Balaban J connectivity index is 2.22. The van der Waals surface area contributed by atoms with E-state index in [4.69, 9.17) is 9.47 Å². The number of carbonyl (C=O) groups is 2. The minimum absolute atomic E-state index is 0.0286. The zero-order valence-corrected chi connectivity index (χ0v) is 12.2. The number of urea groups is 1. The number of imide groups is 1. The standard InChI is InChI=1S/C14H18N2O5/c1-15-8-13(18)16(14(15)19)7-11(17)10-6-9(20-2)4-5-12(10)21-3/h4-6,11,17H,7-8H2,1-3H3. The molecule has 1 N–H and O–H groups in total. The zero-order valence-electron chi connectivity index (χ0n) is 12.2. The highest BCUT2D eigenvalue weighted by atomic mass is 16.5. The number of methoxy groups -OCH3 is 2. The van der Waals surface area contributed by atoms with Crippen molar-refractivity contribution < 1.29 is 24.2 Å². The maximum absolute atomic E-state index is 11.8. The molecular formula is C14H18N2O5. The second-order valence-electron chi connectivity index (χ2n) is 4.77. The molecule has 1 aromatic carbocycles. The van der Waals surface area contributed by atoms with Crippen LogP contribution in [0, 0.1) is 0 Å². The van der Waals surface area contributed by atoms with Crippen LogP contribution in [0.2, 0.25) is 0 Å². The van der Waals surface area contributed by atoms with Crippen LogP contribution in [-0.4, -0.2) is 61.2 Å². The molecule has 0 radical (unpaired) electrons. The van der Waals surface area contributed by atoms with Crippen LogP contribution >= 0.6 is 0 Å². The van der Waals surface area contributed by atoms with E-state index in [1.54, 1.807) is 25.2 Å². The molecule has 2 rings (SSSR count). The Labute approximate surface area is 122 Å². The van der Waals surface area contributed by atoms with Crippen LogP contribution < -0.4 is 9.47 Å². The molecule has 0 aliphatic carbocycles. The number of ether oxygens (including phenoxy) is 2. The smallest absolute Gasteiger partial charge is 0.327 e. The summed E-state index contributed by atoms with van der Waals surface area (Å²) < 4.78 is 10.3. The first-order valence-corrected chi connectivity index (χ1v) is 6.43. The number of aliphatic hydroxyl groups excluding tert-OH is 1. The Morgan fingerprint density at radius 1 is 1.29 bits per heavy atom. The van der Waals surface area contributed by atoms with Crippen molar-refractivity contribution in [2.24, 2.45) is 0 Å². The van der Waals surface area contributed by atoms with E-state index in [1.165, 1.54) is 19.1 Å². The summed E-state index contributed by atoms with van der Waals surface area (Å²) in [6.45, 7) is -0.0909. The van der Waals surface area contributed by atoms with E-state index in [0.29, 0.717) is 17.1 Å². The predicted octanol–water partition coefficient (Wildman–Crippen LogP) is 0.631. The highest BCUT2D eigenvalue weighted by molar-refractivity contribution is 6.01. The average molecular weight is 294 g/mol. The van der Waals surface area contributed by atoms with Crippen LogP contribution in [0.5, 0.6) is 11.5 Å². The SMILES string of the molecule is COc1ccc(OC)c(C(O)CN2C(=O)CN(C)C2=O)c1. The van der Waals surface area contributed by atoms with Gasteiger partial charge in [-0.1, -0.05) is 0 Å². The van der Waals surface area contributed by atoms with E-state index < -0.39 is 12.1 Å². The number of likely N-dealkylation sites (N-methyl/N-ethyl adjacent to an activating group) is 1. The molecule has 21 heavy (non-hydrogen) atoms. The first-order chi connectivity index (χ1) is 9.97. The number of hydrogen-bond donors (Lipinski definition) is 1. The first-order valence-electron chi connectivity index (χ1n) is 6.43. The third-order valence-corrected chi connectivity index (χ3v) is 3.38. The second kappa shape index (κ2) is 6.01. The summed E-state index contributed by atoms with van der Waals surface area (Å²) in [6.07, 6.45) is -1.05. The molecule has 0 saturated carbocycles. The van der Waals surface area contributed by atoms with Gasteiger partial charge in [-0.15, -0.1) is 0 Å². The van der Waals surface area contributed by atoms with Gasteiger partial charge < -0.3 is 19.5 Å². The molecule has 0 aromatic heterocycles. The molecule has 7 heteroatoms. The molecule has 1 fully saturated rings. The highest BCUT2D eigenvalue weighted by Gasteiger charge is 2.35. The summed E-state index contributed by atoms with van der Waals surface area (Å²) >= 11 is 0. The molecule has 1 aromatic rings. The Bertz CT molecular complexity index is 560. The molecule has 114 valence electrons. The fourth-order valence-electron chi connectivity index (χ4n) is 2.22. The molecule has 1 atom stereocenters. The van der Waals surface area contributed by atoms with Crippen LogP contribution in [0.3, 0.4) is 0 Å². The van der Waals surface area contributed by atoms with E-state index in [2.05, 4.69) is 0 Å². The van der Waals surface area contributed by atoms with Gasteiger partial charge in [0.25, 0.3) is 0 Å². The highest BCUT2D eigenvalue weighted by Crippen LogP contribution is 2.30. The molecule has 1 unspecified atom stereocenters. The summed E-state index contributed by atoms with van der Waals surface area (Å²) in [5.74, 6) is 0.695. The van der Waals surface area contributed by atoms with Gasteiger partial charge in [-0.25, -0.2) is 4.79 Å². The van der Waals surface area contributed by atoms with Gasteiger partial charge in [0.1, 0.15) is 24.1 Å². The van der Waals surface area contributed by atoms with Crippen molar-refractivity contribution in [3.63, 3.8) is 0 Å². The summed E-state index contributed by atoms with van der Waals surface area (Å²) in [4.78, 5) is 25.9. The van der Waals surface area contributed by atoms with Crippen LogP contribution in [0.4, 0.5) is 4.79 Å². The van der Waals surface area contributed by atoms with Crippen molar-refractivity contribution in [2.45, 2.75) is 6.10 Å². The number of rotatable bonds is 5. The maximum Gasteiger partial charge on any atom is 0.327 e. The Kier molecular flexibility index (Phi) is 4.32. The average Bonchev–Trinajstić information content (AvgIpc) is 2.72. The molecule has 0 bridgehead atoms. The van der Waals surface area contributed by atoms with E-state index in [1.807, 2.05) is 0 Å². The summed E-state index contributed by atoms with van der Waals surface area (Å²) in [5, 5.41) is 10.3. The Morgan fingerprint density at radius 2 is 2.00 bits per heavy atom. The van der Waals surface area contributed by atoms with Crippen LogP contribution in [-0.2, 0) is 4.79 Å². The summed E-state index contributed by atoms with van der Waals surface area (Å²) in [5.41, 5.74) is 0.465. The zero-order chi connectivity index (χ0) is 15.6. The largest absolute Gasteiger partial charge is 0.497 e. The fourth-order valence-corrected chi connectivity index (χ4v) is 2.22. The quantitative estimate of drug-likeness (QED) is 0.806. The van der Waals surface area contributed by atoms with E-state index in [0.717, 1.165) is 4.90 Å². The van der Waals surface area contributed by atoms with Crippen molar-refractivity contribution in [3.05, 3.63) is 23.8 Å². The lowest BCUT2D eigenvalue weighted by atomic mass is 10.1. The normalized spacial score (nSPS) is 16.4. The number of carbonyl (C=O) groups excluding carboxylic acids is 2. The number of nitrogens with zero attached hydrogens (tertiary/aromatic N) is 2. The fraction of sp³-hybridized carbons (Fsp3) is 0.429. The third kappa shape index (κ3) is 2.92. The lowest BCUT2D eigenvalue weighted by molar-refractivity contribution is -0.126. The van der Waals surface area contributed by atoms with Crippen LogP contribution in [0.15, 0.2) is 18.2 Å². The van der Waals surface area contributed by atoms with Crippen LogP contribution in [0.25, 0.3) is 0 Å². The lowest BCUT2D eigenvalue weighted by Crippen LogP contribution is -2.35. The molecule has 1 aliphatic rings. The van der Waals surface area contributed by atoms with Gasteiger partial charge in [-0.2, -0.15) is 0 Å². The number of benzene rings is 1. The molecule has 3 amide bonds. The predicted molar refractivity (Wildman–Crippen MR) is 74.2 cm³/mol. The second-order valence-corrected chi connectivity index (χ2v) is 4.77. The monoisotopic (exact) mass is 294 g/mol. The number of hydrogen-bond acceptors (Lipinski definition) is 5. The molecule has 1 saturated heterocycles. The molecule has 0 spiro atoms. The van der Waals surface area contributed by atoms with Gasteiger partial charge in [0.05, 0.1) is 20.8 Å². The maximum atomic E-state index is 11.8. The third-order valence-electron chi connectivity index (χ3n) is 3.38. The molecule has 1 aliphatic heterocycles. The lowest BCUT2D eigenvalue weighted by Gasteiger charge is -2.20. The first kappa shape index (κ1) is 15.1. The molecule has 1 heterocycles. The van der Waals surface area contributed by atoms with E-state index in [9.17, 15) is 14.7 Å². The van der Waals surface area contributed by atoms with Gasteiger partial charge >= 0.3 is 6.03 Å². The van der Waals surface area contributed by atoms with Crippen molar-refractivity contribution in [1.29, 1.82) is 0 Å². The summed E-state index contributed by atoms with van der Waals surface area (Å²) in [6, 6.07) is 4.57. The topological polar surface area (TPSA) is 79.3 Å². The minimum Gasteiger partial charge on any atom is -0.497 e. The number of aliphatic hydroxyl groups is 1.